The molecule has 0 aliphatic carbocycles. The highest BCUT2D eigenvalue weighted by molar-refractivity contribution is 7.47. The first-order valence-electron chi connectivity index (χ1n) is 19.9. The second-order valence-corrected chi connectivity index (χ2v) is 15.8. The molecule has 51 heavy (non-hydrogen) atoms. The summed E-state index contributed by atoms with van der Waals surface area (Å²) in [7, 11) is 1.44. The molecule has 0 aliphatic rings. The molecule has 0 radical (unpaired) electrons. The molecular weight excluding hydrogens is 665 g/mol. The second kappa shape index (κ2) is 33.8. The third-order valence-electron chi connectivity index (χ3n) is 8.08. The molecule has 0 saturated heterocycles. The number of phosphoric ester groups is 1. The number of allylic oxidation sites excluding steroid dienone is 8. The van der Waals surface area contributed by atoms with E-state index in [0.29, 0.717) is 17.4 Å². The van der Waals surface area contributed by atoms with Crippen LogP contribution in [-0.4, -0.2) is 74.9 Å². The van der Waals surface area contributed by atoms with Crippen LogP contribution in [0.15, 0.2) is 48.6 Å². The number of phosphoric acid groups is 1. The van der Waals surface area contributed by atoms with Crippen molar-refractivity contribution in [1.82, 2.24) is 0 Å². The molecule has 0 aromatic carbocycles. The van der Waals surface area contributed by atoms with Crippen LogP contribution < -0.4 is 0 Å². The van der Waals surface area contributed by atoms with E-state index in [0.717, 1.165) is 70.6 Å². The van der Waals surface area contributed by atoms with Gasteiger partial charge in [0.2, 0.25) is 0 Å². The molecule has 0 aromatic heterocycles. The number of rotatable bonds is 35. The number of hydrogen-bond acceptors (Lipinski definition) is 7. The van der Waals surface area contributed by atoms with Crippen LogP contribution >= 0.6 is 7.82 Å². The van der Waals surface area contributed by atoms with Gasteiger partial charge in [-0.15, -0.1) is 0 Å². The molecule has 0 aliphatic heterocycles. The Labute approximate surface area is 312 Å². The van der Waals surface area contributed by atoms with Gasteiger partial charge >= 0.3 is 19.8 Å². The quantitative estimate of drug-likeness (QED) is 0.0225. The van der Waals surface area contributed by atoms with Gasteiger partial charge in [0.25, 0.3) is 0 Å². The van der Waals surface area contributed by atoms with Gasteiger partial charge in [-0.3, -0.25) is 18.6 Å². The van der Waals surface area contributed by atoms with Gasteiger partial charge in [-0.05, 0) is 77.0 Å². The van der Waals surface area contributed by atoms with Crippen LogP contribution in [-0.2, 0) is 32.7 Å². The molecule has 0 heterocycles. The zero-order chi connectivity index (χ0) is 37.9. The first-order chi connectivity index (χ1) is 24.5. The number of carbonyl (C=O) groups excluding carboxylic acids is 2. The number of carbonyl (C=O) groups is 2. The van der Waals surface area contributed by atoms with Crippen LogP contribution in [0.25, 0.3) is 0 Å². The molecule has 0 rings (SSSR count). The smallest absolute Gasteiger partial charge is 0.462 e. The molecule has 0 bridgehead atoms. The maximum atomic E-state index is 12.6. The number of hydrogen-bond donors (Lipinski definition) is 1. The summed E-state index contributed by atoms with van der Waals surface area (Å²) >= 11 is 0. The lowest BCUT2D eigenvalue weighted by Crippen LogP contribution is -2.37. The Morgan fingerprint density at radius 3 is 1.63 bits per heavy atom. The van der Waals surface area contributed by atoms with Gasteiger partial charge in [0.1, 0.15) is 19.8 Å². The van der Waals surface area contributed by atoms with Gasteiger partial charge in [0.05, 0.1) is 27.7 Å². The van der Waals surface area contributed by atoms with Crippen LogP contribution in [0.2, 0.25) is 0 Å². The second-order valence-electron chi connectivity index (χ2n) is 14.3. The number of quaternary nitrogens is 1. The third-order valence-corrected chi connectivity index (χ3v) is 9.07. The van der Waals surface area contributed by atoms with Gasteiger partial charge < -0.3 is 18.9 Å². The normalized spacial score (nSPS) is 14.2. The van der Waals surface area contributed by atoms with Crippen LogP contribution in [0, 0.1) is 0 Å². The fourth-order valence-electron chi connectivity index (χ4n) is 4.89. The van der Waals surface area contributed by atoms with E-state index in [9.17, 15) is 19.0 Å². The Bertz CT molecular complexity index is 1020. The Hall–Kier alpha value is -2.03. The van der Waals surface area contributed by atoms with Gasteiger partial charge in [-0.2, -0.15) is 0 Å². The molecule has 1 unspecified atom stereocenters. The van der Waals surface area contributed by atoms with Crippen molar-refractivity contribution in [3.63, 3.8) is 0 Å². The summed E-state index contributed by atoms with van der Waals surface area (Å²) in [5.41, 5.74) is 0. The van der Waals surface area contributed by atoms with E-state index >= 15 is 0 Å². The highest BCUT2D eigenvalue weighted by atomic mass is 31.2. The zero-order valence-electron chi connectivity index (χ0n) is 33.1. The summed E-state index contributed by atoms with van der Waals surface area (Å²) in [6.07, 6.45) is 37.3. The zero-order valence-corrected chi connectivity index (χ0v) is 34.0. The summed E-state index contributed by atoms with van der Waals surface area (Å²) in [5.74, 6) is -0.859. The fraction of sp³-hybridized carbons (Fsp3) is 0.756. The average molecular weight is 741 g/mol. The Morgan fingerprint density at radius 2 is 1.06 bits per heavy atom. The van der Waals surface area contributed by atoms with Gasteiger partial charge in [0.15, 0.2) is 6.10 Å². The predicted octanol–water partition coefficient (Wildman–Crippen LogP) is 10.7. The van der Waals surface area contributed by atoms with Gasteiger partial charge in [-0.1, -0.05) is 107 Å². The summed E-state index contributed by atoms with van der Waals surface area (Å²) in [6, 6.07) is 0. The average Bonchev–Trinajstić information content (AvgIpc) is 3.07. The number of likely N-dealkylation sites (N-methyl/N-ethyl adjacent to an activating group) is 1. The Balaban J connectivity index is 4.52. The van der Waals surface area contributed by atoms with E-state index in [1.54, 1.807) is 0 Å². The number of unbranched alkanes of at least 4 members (excludes halogenated alkanes) is 13. The molecule has 0 fully saturated rings. The minimum atomic E-state index is -4.38. The Morgan fingerprint density at radius 1 is 0.608 bits per heavy atom. The monoisotopic (exact) mass is 741 g/mol. The first-order valence-corrected chi connectivity index (χ1v) is 21.4. The van der Waals surface area contributed by atoms with Gasteiger partial charge in [-0.25, -0.2) is 4.57 Å². The highest BCUT2D eigenvalue weighted by Crippen LogP contribution is 2.43. The lowest BCUT2D eigenvalue weighted by molar-refractivity contribution is -0.870. The molecule has 1 N–H and O–H groups in total. The highest BCUT2D eigenvalue weighted by Gasteiger charge is 2.27. The summed E-state index contributed by atoms with van der Waals surface area (Å²) in [4.78, 5) is 35.2. The maximum absolute atomic E-state index is 12.6. The van der Waals surface area contributed by atoms with Crippen LogP contribution in [0.4, 0.5) is 0 Å². The molecule has 10 heteroatoms. The standard InChI is InChI=1S/C41H74NO8P/c1-6-8-10-12-14-16-18-20-21-22-24-26-28-30-32-34-41(44)50-39(38-49-51(45,46)48-36-35-42(3,4)5)37-47-40(43)33-31-29-27-25-23-19-17-15-13-11-9-7-2/h14-17,20-21,24,26,39H,6-13,18-19,22-23,25,27-38H2,1-5H3/p+1/b16-14-,17-15-,21-20-,26-24-/t39-/m1/s1. The molecule has 296 valence electrons. The van der Waals surface area contributed by atoms with E-state index in [2.05, 4.69) is 62.5 Å². The minimum Gasteiger partial charge on any atom is -0.462 e. The Kier molecular flexibility index (Phi) is 32.4. The van der Waals surface area contributed by atoms with Crippen molar-refractivity contribution < 1.29 is 42.1 Å². The largest absolute Gasteiger partial charge is 0.472 e. The van der Waals surface area contributed by atoms with Gasteiger partial charge in [0, 0.05) is 12.8 Å². The van der Waals surface area contributed by atoms with Crippen molar-refractivity contribution in [2.45, 2.75) is 155 Å². The maximum Gasteiger partial charge on any atom is 0.472 e. The molecule has 0 saturated carbocycles. The van der Waals surface area contributed by atoms with Crippen LogP contribution in [0.5, 0.6) is 0 Å². The molecule has 0 amide bonds. The van der Waals surface area contributed by atoms with Crippen LogP contribution in [0.1, 0.15) is 149 Å². The van der Waals surface area contributed by atoms with Crippen molar-refractivity contribution >= 4 is 19.8 Å². The lowest BCUT2D eigenvalue weighted by Gasteiger charge is -2.24. The molecule has 2 atom stereocenters. The first kappa shape index (κ1) is 49.0. The van der Waals surface area contributed by atoms with Crippen molar-refractivity contribution in [2.75, 3.05) is 47.5 Å². The lowest BCUT2D eigenvalue weighted by atomic mass is 10.1. The topological polar surface area (TPSA) is 108 Å². The molecular formula is C41H75NO8P+. The third kappa shape index (κ3) is 37.5. The summed E-state index contributed by atoms with van der Waals surface area (Å²) in [6.45, 7) is 4.29. The fourth-order valence-corrected chi connectivity index (χ4v) is 5.64. The van der Waals surface area contributed by atoms with Crippen molar-refractivity contribution in [1.29, 1.82) is 0 Å². The molecule has 9 nitrogen and oxygen atoms in total. The van der Waals surface area contributed by atoms with Crippen LogP contribution in [0.3, 0.4) is 0 Å². The summed E-state index contributed by atoms with van der Waals surface area (Å²) < 4.78 is 34.1. The SMILES string of the molecule is CCCCC/C=C\C/C=C\C/C=C\CCCCC(=O)O[C@H](COC(=O)CCCCCCC/C=C\CCCCC)COP(=O)(O)OCC[N+](C)(C)C. The molecule has 0 aromatic rings. The van der Waals surface area contributed by atoms with Crippen molar-refractivity contribution in [2.24, 2.45) is 0 Å². The van der Waals surface area contributed by atoms with E-state index in [1.807, 2.05) is 21.1 Å². The predicted molar refractivity (Wildman–Crippen MR) is 210 cm³/mol. The van der Waals surface area contributed by atoms with Crippen molar-refractivity contribution in [3.8, 4) is 0 Å². The van der Waals surface area contributed by atoms with E-state index in [4.69, 9.17) is 18.5 Å². The number of esters is 2. The molecule has 0 spiro atoms. The van der Waals surface area contributed by atoms with E-state index in [1.165, 1.54) is 44.9 Å². The van der Waals surface area contributed by atoms with Crippen molar-refractivity contribution in [3.05, 3.63) is 48.6 Å². The summed E-state index contributed by atoms with van der Waals surface area (Å²) in [5, 5.41) is 0. The number of nitrogens with zero attached hydrogens (tertiary/aromatic N) is 1. The minimum absolute atomic E-state index is 0.0216. The van der Waals surface area contributed by atoms with E-state index in [-0.39, 0.29) is 26.1 Å². The number of ether oxygens (including phenoxy) is 2. The van der Waals surface area contributed by atoms with E-state index < -0.39 is 32.5 Å².